The van der Waals surface area contributed by atoms with Gasteiger partial charge in [-0.05, 0) is 52.4 Å². The molecule has 0 aliphatic carbocycles. The van der Waals surface area contributed by atoms with Crippen molar-refractivity contribution in [2.45, 2.75) is 0 Å². The van der Waals surface area contributed by atoms with Crippen LogP contribution in [0, 0.1) is 0 Å². The van der Waals surface area contributed by atoms with E-state index in [2.05, 4.69) is 117 Å². The molecular formula is C33H21N4PS. The van der Waals surface area contributed by atoms with Gasteiger partial charge in [-0.1, -0.05) is 84.6 Å². The first kappa shape index (κ1) is 22.5. The van der Waals surface area contributed by atoms with E-state index in [0.717, 1.165) is 54.4 Å². The topological polar surface area (TPSA) is 43.1 Å². The zero-order chi connectivity index (χ0) is 26.0. The molecule has 1 unspecified atom stereocenters. The van der Waals surface area contributed by atoms with Gasteiger partial charge in [0.2, 0.25) is 0 Å². The normalized spacial score (nSPS) is 13.4. The number of hydrogen-bond acceptors (Lipinski definition) is 4. The molecule has 184 valence electrons. The summed E-state index contributed by atoms with van der Waals surface area (Å²) >= 11 is 6.85. The standard InChI is InChI=1S/C33H21N4PS/c39-38(23-16-19-34-20-17-23,24-15-14-22-7-6-18-35-29(22)21-24)31-13-5-11-28-32(31)37-30-12-4-3-9-26(30)25-8-1-2-10-27(25)33(37)36-28/h1-21H. The number of benzene rings is 4. The van der Waals surface area contributed by atoms with Gasteiger partial charge in [0, 0.05) is 46.1 Å². The summed E-state index contributed by atoms with van der Waals surface area (Å²) < 4.78 is 2.32. The zero-order valence-corrected chi connectivity index (χ0v) is 22.5. The van der Waals surface area contributed by atoms with Crippen LogP contribution in [0.15, 0.2) is 128 Å². The third-order valence-electron chi connectivity index (χ3n) is 7.58. The highest BCUT2D eigenvalue weighted by Crippen LogP contribution is 2.46. The molecule has 0 aliphatic rings. The van der Waals surface area contributed by atoms with Crippen molar-refractivity contribution in [3.8, 4) is 0 Å². The molecule has 4 heterocycles. The highest BCUT2D eigenvalue weighted by atomic mass is 32.4. The maximum Gasteiger partial charge on any atom is 0.146 e. The van der Waals surface area contributed by atoms with Gasteiger partial charge in [-0.15, -0.1) is 0 Å². The summed E-state index contributed by atoms with van der Waals surface area (Å²) in [5, 5.41) is 7.93. The molecule has 8 rings (SSSR count). The first-order chi connectivity index (χ1) is 19.2. The Bertz CT molecular complexity index is 2270. The van der Waals surface area contributed by atoms with Crippen molar-refractivity contribution in [2.24, 2.45) is 0 Å². The highest BCUT2D eigenvalue weighted by molar-refractivity contribution is 8.25. The minimum absolute atomic E-state index is 0.941. The van der Waals surface area contributed by atoms with Crippen LogP contribution in [-0.4, -0.2) is 19.4 Å². The summed E-state index contributed by atoms with van der Waals surface area (Å²) in [6.07, 6.45) is 5.52. The molecule has 1 atom stereocenters. The second-order valence-corrected chi connectivity index (χ2v) is 14.0. The number of fused-ring (bicyclic) bond motifs is 9. The molecule has 0 radical (unpaired) electrons. The quantitative estimate of drug-likeness (QED) is 0.191. The first-order valence-electron chi connectivity index (χ1n) is 12.8. The van der Waals surface area contributed by atoms with Crippen molar-refractivity contribution >= 4 is 83.0 Å². The van der Waals surface area contributed by atoms with Crippen LogP contribution >= 0.6 is 6.04 Å². The van der Waals surface area contributed by atoms with Gasteiger partial charge >= 0.3 is 0 Å². The van der Waals surface area contributed by atoms with Crippen LogP contribution < -0.4 is 15.9 Å². The molecule has 0 spiro atoms. The van der Waals surface area contributed by atoms with Gasteiger partial charge in [0.15, 0.2) is 0 Å². The van der Waals surface area contributed by atoms with E-state index in [1.54, 1.807) is 0 Å². The Labute approximate surface area is 229 Å². The van der Waals surface area contributed by atoms with Crippen molar-refractivity contribution in [1.82, 2.24) is 19.4 Å². The van der Waals surface area contributed by atoms with Gasteiger partial charge in [-0.3, -0.25) is 14.4 Å². The van der Waals surface area contributed by atoms with E-state index in [-0.39, 0.29) is 0 Å². The molecular weight excluding hydrogens is 515 g/mol. The Morgan fingerprint density at radius 3 is 2.28 bits per heavy atom. The fourth-order valence-electron chi connectivity index (χ4n) is 5.82. The number of para-hydroxylation sites is 2. The molecule has 8 aromatic rings. The second kappa shape index (κ2) is 8.54. The van der Waals surface area contributed by atoms with E-state index in [9.17, 15) is 0 Å². The molecule has 4 nitrogen and oxygen atoms in total. The lowest BCUT2D eigenvalue weighted by atomic mass is 10.1. The SMILES string of the molecule is S=P(c1ccncc1)(c1ccc2cccnc2c1)c1cccc2nc3c4ccccc4c4ccccc4n3c12. The van der Waals surface area contributed by atoms with Crippen LogP contribution in [0.1, 0.15) is 0 Å². The van der Waals surface area contributed by atoms with Crippen LogP contribution in [-0.2, 0) is 11.8 Å². The van der Waals surface area contributed by atoms with Crippen LogP contribution in [0.5, 0.6) is 0 Å². The zero-order valence-electron chi connectivity index (χ0n) is 20.8. The minimum Gasteiger partial charge on any atom is -0.291 e. The summed E-state index contributed by atoms with van der Waals surface area (Å²) in [5.41, 5.74) is 5.02. The van der Waals surface area contributed by atoms with Crippen molar-refractivity contribution in [2.75, 3.05) is 0 Å². The van der Waals surface area contributed by atoms with Crippen molar-refractivity contribution in [3.63, 3.8) is 0 Å². The Balaban J connectivity index is 1.57. The summed E-state index contributed by atoms with van der Waals surface area (Å²) in [6, 6.07) is 35.6. The summed E-state index contributed by atoms with van der Waals surface area (Å²) in [6.45, 7) is 0. The van der Waals surface area contributed by atoms with Crippen molar-refractivity contribution < 1.29 is 0 Å². The number of nitrogens with zero attached hydrogens (tertiary/aromatic N) is 4. The van der Waals surface area contributed by atoms with Crippen LogP contribution in [0.3, 0.4) is 0 Å². The Hall–Kier alpha value is -4.44. The predicted molar refractivity (Wildman–Crippen MR) is 167 cm³/mol. The second-order valence-electron chi connectivity index (χ2n) is 9.67. The molecule has 0 N–H and O–H groups in total. The first-order valence-corrected chi connectivity index (χ1v) is 15.6. The third-order valence-corrected chi connectivity index (χ3v) is 12.5. The van der Waals surface area contributed by atoms with Gasteiger partial charge in [-0.2, -0.15) is 0 Å². The van der Waals surface area contributed by atoms with E-state index < -0.39 is 6.04 Å². The van der Waals surface area contributed by atoms with Gasteiger partial charge < -0.3 is 0 Å². The van der Waals surface area contributed by atoms with E-state index in [1.807, 2.05) is 24.7 Å². The molecule has 0 fully saturated rings. The smallest absolute Gasteiger partial charge is 0.146 e. The van der Waals surface area contributed by atoms with Crippen LogP contribution in [0.4, 0.5) is 0 Å². The summed E-state index contributed by atoms with van der Waals surface area (Å²) in [7, 11) is 0. The van der Waals surface area contributed by atoms with Gasteiger partial charge in [0.1, 0.15) is 5.65 Å². The molecule has 0 amide bonds. The highest BCUT2D eigenvalue weighted by Gasteiger charge is 2.29. The molecule has 0 bridgehead atoms. The molecule has 4 aromatic heterocycles. The van der Waals surface area contributed by atoms with E-state index in [1.165, 1.54) is 10.8 Å². The summed E-state index contributed by atoms with van der Waals surface area (Å²) in [4.78, 5) is 14.2. The molecule has 6 heteroatoms. The fourth-order valence-corrected chi connectivity index (χ4v) is 9.77. The van der Waals surface area contributed by atoms with Crippen molar-refractivity contribution in [3.05, 3.63) is 128 Å². The fraction of sp³-hybridized carbons (Fsp3) is 0. The number of hydrogen-bond donors (Lipinski definition) is 0. The number of pyridine rings is 3. The van der Waals surface area contributed by atoms with Gasteiger partial charge in [0.05, 0.1) is 22.1 Å². The maximum absolute atomic E-state index is 6.85. The molecule has 4 aromatic carbocycles. The van der Waals surface area contributed by atoms with E-state index >= 15 is 0 Å². The monoisotopic (exact) mass is 536 g/mol. The Morgan fingerprint density at radius 1 is 0.615 bits per heavy atom. The average molecular weight is 537 g/mol. The largest absolute Gasteiger partial charge is 0.291 e. The number of rotatable bonds is 3. The minimum atomic E-state index is -2.54. The molecule has 0 saturated carbocycles. The number of imidazole rings is 1. The lowest BCUT2D eigenvalue weighted by molar-refractivity contribution is 1.32. The Morgan fingerprint density at radius 2 is 1.41 bits per heavy atom. The van der Waals surface area contributed by atoms with Crippen LogP contribution in [0.25, 0.3) is 49.3 Å². The van der Waals surface area contributed by atoms with Crippen LogP contribution in [0.2, 0.25) is 0 Å². The molecule has 0 aliphatic heterocycles. The summed E-state index contributed by atoms with van der Waals surface area (Å²) in [5.74, 6) is 0. The average Bonchev–Trinajstić information content (AvgIpc) is 3.41. The lowest BCUT2D eigenvalue weighted by Gasteiger charge is -2.25. The van der Waals surface area contributed by atoms with E-state index in [0.29, 0.717) is 0 Å². The van der Waals surface area contributed by atoms with Gasteiger partial charge in [0.25, 0.3) is 0 Å². The number of aromatic nitrogens is 4. The van der Waals surface area contributed by atoms with E-state index in [4.69, 9.17) is 16.8 Å². The molecule has 0 saturated heterocycles. The van der Waals surface area contributed by atoms with Crippen molar-refractivity contribution in [1.29, 1.82) is 0 Å². The van der Waals surface area contributed by atoms with Gasteiger partial charge in [-0.25, -0.2) is 4.98 Å². The Kier molecular flexibility index (Phi) is 4.93. The predicted octanol–water partition coefficient (Wildman–Crippen LogP) is 6.49. The lowest BCUT2D eigenvalue weighted by Crippen LogP contribution is -2.26. The molecule has 39 heavy (non-hydrogen) atoms. The maximum atomic E-state index is 6.85. The third kappa shape index (κ3) is 3.24.